The molecule has 0 unspecified atom stereocenters. The van der Waals surface area contributed by atoms with Crippen LogP contribution in [0.25, 0.3) is 16.5 Å². The Hall–Kier alpha value is -4.00. The van der Waals surface area contributed by atoms with Crippen LogP contribution in [0.3, 0.4) is 0 Å². The first-order valence-corrected chi connectivity index (χ1v) is 11.6. The number of likely N-dealkylation sites (N-methyl/N-ethyl adjacent to an activating group) is 1. The predicted octanol–water partition coefficient (Wildman–Crippen LogP) is 5.56. The number of benzene rings is 3. The molecule has 7 heteroatoms. The minimum Gasteiger partial charge on any atom is -0.330 e. The van der Waals surface area contributed by atoms with Gasteiger partial charge in [-0.25, -0.2) is 9.07 Å². The molecule has 0 spiro atoms. The second kappa shape index (κ2) is 9.70. The molecule has 180 valence electrons. The average Bonchev–Trinajstić information content (AvgIpc) is 3.26. The highest BCUT2D eigenvalue weighted by atomic mass is 19.1. The van der Waals surface area contributed by atoms with E-state index in [2.05, 4.69) is 10.4 Å². The third-order valence-corrected chi connectivity index (χ3v) is 5.82. The number of fused-ring (bicyclic) bond motifs is 1. The fraction of sp³-hybridized carbons (Fsp3) is 0.250. The maximum atomic E-state index is 13.5. The lowest BCUT2D eigenvalue weighted by Gasteiger charge is -2.21. The van der Waals surface area contributed by atoms with Crippen LogP contribution in [-0.2, 0) is 10.2 Å². The van der Waals surface area contributed by atoms with Crippen molar-refractivity contribution in [2.45, 2.75) is 33.1 Å². The summed E-state index contributed by atoms with van der Waals surface area (Å²) in [4.78, 5) is 27.7. The molecule has 4 rings (SSSR count). The summed E-state index contributed by atoms with van der Waals surface area (Å²) in [6.45, 7) is 8.18. The van der Waals surface area contributed by atoms with E-state index in [9.17, 15) is 14.0 Å². The number of carbonyl (C=O) groups is 2. The molecule has 1 N–H and O–H groups in total. The Labute approximate surface area is 204 Å². The fourth-order valence-electron chi connectivity index (χ4n) is 3.80. The van der Waals surface area contributed by atoms with Gasteiger partial charge in [-0.05, 0) is 54.1 Å². The minimum absolute atomic E-state index is 0.110. The van der Waals surface area contributed by atoms with Gasteiger partial charge >= 0.3 is 0 Å². The normalized spacial score (nSPS) is 11.5. The largest absolute Gasteiger partial charge is 0.330 e. The molecule has 1 heterocycles. The van der Waals surface area contributed by atoms with E-state index in [0.29, 0.717) is 23.6 Å². The molecule has 0 atom stereocenters. The Kier molecular flexibility index (Phi) is 6.69. The molecule has 4 aromatic rings. The Morgan fingerprint density at radius 3 is 2.31 bits per heavy atom. The molecule has 0 bridgehead atoms. The molecule has 0 radical (unpaired) electrons. The first kappa shape index (κ1) is 24.1. The van der Waals surface area contributed by atoms with Gasteiger partial charge < -0.3 is 10.2 Å². The molecule has 0 fully saturated rings. The van der Waals surface area contributed by atoms with Crippen LogP contribution in [0.2, 0.25) is 0 Å². The highest BCUT2D eigenvalue weighted by molar-refractivity contribution is 6.01. The van der Waals surface area contributed by atoms with E-state index in [4.69, 9.17) is 0 Å². The molecule has 2 amide bonds. The molecular weight excluding hydrogens is 443 g/mol. The van der Waals surface area contributed by atoms with E-state index >= 15 is 0 Å². The molecule has 1 aromatic heterocycles. The quantitative estimate of drug-likeness (QED) is 0.399. The molecule has 0 saturated carbocycles. The molecule has 0 aliphatic rings. The Morgan fingerprint density at radius 2 is 1.66 bits per heavy atom. The van der Waals surface area contributed by atoms with Gasteiger partial charge in [0.2, 0.25) is 5.91 Å². The molecular formula is C28H29FN4O2. The van der Waals surface area contributed by atoms with Crippen LogP contribution in [-0.4, -0.2) is 39.6 Å². The van der Waals surface area contributed by atoms with Crippen molar-refractivity contribution in [1.82, 2.24) is 14.7 Å². The summed E-state index contributed by atoms with van der Waals surface area (Å²) in [5.41, 5.74) is 1.67. The second-order valence-corrected chi connectivity index (χ2v) is 9.48. The highest BCUT2D eigenvalue weighted by Crippen LogP contribution is 2.26. The average molecular weight is 473 g/mol. The van der Waals surface area contributed by atoms with Crippen LogP contribution in [0.15, 0.2) is 72.8 Å². The summed E-state index contributed by atoms with van der Waals surface area (Å²) in [5, 5.41) is 9.55. The number of nitrogens with zero attached hydrogens (tertiary/aromatic N) is 3. The van der Waals surface area contributed by atoms with Crippen LogP contribution >= 0.6 is 0 Å². The Bertz CT molecular complexity index is 1370. The van der Waals surface area contributed by atoms with Crippen molar-refractivity contribution in [2.24, 2.45) is 0 Å². The first-order valence-electron chi connectivity index (χ1n) is 11.6. The monoisotopic (exact) mass is 472 g/mol. The van der Waals surface area contributed by atoms with Gasteiger partial charge in [0.25, 0.3) is 5.91 Å². The number of nitrogens with one attached hydrogen (secondary N) is 1. The number of hydrogen-bond acceptors (Lipinski definition) is 3. The number of amides is 2. The van der Waals surface area contributed by atoms with Gasteiger partial charge in [-0.1, -0.05) is 51.1 Å². The highest BCUT2D eigenvalue weighted by Gasteiger charge is 2.23. The van der Waals surface area contributed by atoms with Crippen molar-refractivity contribution in [1.29, 1.82) is 0 Å². The molecule has 3 aromatic carbocycles. The van der Waals surface area contributed by atoms with E-state index in [1.54, 1.807) is 22.9 Å². The van der Waals surface area contributed by atoms with E-state index < -0.39 is 0 Å². The first-order chi connectivity index (χ1) is 16.7. The van der Waals surface area contributed by atoms with Crippen molar-refractivity contribution < 1.29 is 14.0 Å². The lowest BCUT2D eigenvalue weighted by Crippen LogP contribution is -2.38. The van der Waals surface area contributed by atoms with Gasteiger partial charge in [0.15, 0.2) is 0 Å². The number of rotatable bonds is 6. The van der Waals surface area contributed by atoms with Crippen LogP contribution in [0.1, 0.15) is 43.7 Å². The number of carbonyl (C=O) groups excluding carboxylic acids is 2. The summed E-state index contributed by atoms with van der Waals surface area (Å²) >= 11 is 0. The summed E-state index contributed by atoms with van der Waals surface area (Å²) < 4.78 is 15.0. The van der Waals surface area contributed by atoms with E-state index in [0.717, 1.165) is 16.5 Å². The zero-order valence-electron chi connectivity index (χ0n) is 20.4. The fourth-order valence-corrected chi connectivity index (χ4v) is 3.80. The number of aromatic nitrogens is 2. The maximum absolute atomic E-state index is 13.5. The van der Waals surface area contributed by atoms with Gasteiger partial charge in [-0.15, -0.1) is 0 Å². The van der Waals surface area contributed by atoms with E-state index in [-0.39, 0.29) is 29.6 Å². The van der Waals surface area contributed by atoms with E-state index in [1.165, 1.54) is 17.0 Å². The maximum Gasteiger partial charge on any atom is 0.254 e. The summed E-state index contributed by atoms with van der Waals surface area (Å²) in [5.74, 6) is -0.449. The molecule has 0 aliphatic carbocycles. The van der Waals surface area contributed by atoms with Crippen molar-refractivity contribution in [3.8, 4) is 5.69 Å². The van der Waals surface area contributed by atoms with Crippen molar-refractivity contribution in [3.63, 3.8) is 0 Å². The van der Waals surface area contributed by atoms with Crippen LogP contribution < -0.4 is 5.32 Å². The standard InChI is InChI=1S/C28H29FN4O2/c1-5-32(27(35)21-11-10-19-8-6-7-9-20(19)16-21)18-26(34)30-25-17-24(28(2,3)4)31-33(25)23-14-12-22(29)13-15-23/h6-17H,5,18H2,1-4H3,(H,30,34). The van der Waals surface area contributed by atoms with Crippen LogP contribution in [0.5, 0.6) is 0 Å². The third-order valence-electron chi connectivity index (χ3n) is 5.82. The SMILES string of the molecule is CCN(CC(=O)Nc1cc(C(C)(C)C)nn1-c1ccc(F)cc1)C(=O)c1ccc2ccccc2c1. The van der Waals surface area contributed by atoms with Crippen LogP contribution in [0.4, 0.5) is 10.2 Å². The van der Waals surface area contributed by atoms with Crippen molar-refractivity contribution in [2.75, 3.05) is 18.4 Å². The van der Waals surface area contributed by atoms with Crippen molar-refractivity contribution in [3.05, 3.63) is 89.9 Å². The minimum atomic E-state index is -0.353. The summed E-state index contributed by atoms with van der Waals surface area (Å²) in [6, 6.07) is 21.1. The molecule has 6 nitrogen and oxygen atoms in total. The Morgan fingerprint density at radius 1 is 0.971 bits per heavy atom. The van der Waals surface area contributed by atoms with Crippen molar-refractivity contribution >= 4 is 28.4 Å². The summed E-state index contributed by atoms with van der Waals surface area (Å²) in [7, 11) is 0. The van der Waals surface area contributed by atoms with Crippen LogP contribution in [0, 0.1) is 5.82 Å². The lowest BCUT2D eigenvalue weighted by molar-refractivity contribution is -0.116. The second-order valence-electron chi connectivity index (χ2n) is 9.48. The molecule has 35 heavy (non-hydrogen) atoms. The van der Waals surface area contributed by atoms with Gasteiger partial charge in [-0.2, -0.15) is 5.10 Å². The van der Waals surface area contributed by atoms with Gasteiger partial charge in [0, 0.05) is 23.6 Å². The topological polar surface area (TPSA) is 67.2 Å². The third kappa shape index (κ3) is 5.40. The molecule has 0 saturated heterocycles. The Balaban J connectivity index is 1.55. The van der Waals surface area contributed by atoms with Gasteiger partial charge in [-0.3, -0.25) is 9.59 Å². The number of anilines is 1. The number of halogens is 1. The van der Waals surface area contributed by atoms with Gasteiger partial charge in [0.1, 0.15) is 18.2 Å². The van der Waals surface area contributed by atoms with E-state index in [1.807, 2.05) is 70.2 Å². The van der Waals surface area contributed by atoms with Gasteiger partial charge in [0.05, 0.1) is 11.4 Å². The zero-order chi connectivity index (χ0) is 25.2. The smallest absolute Gasteiger partial charge is 0.254 e. The summed E-state index contributed by atoms with van der Waals surface area (Å²) in [6.07, 6.45) is 0. The number of hydrogen-bond donors (Lipinski definition) is 1. The molecule has 0 aliphatic heterocycles. The zero-order valence-corrected chi connectivity index (χ0v) is 20.4. The predicted molar refractivity (Wildman–Crippen MR) is 136 cm³/mol. The lowest BCUT2D eigenvalue weighted by atomic mass is 9.92.